The Hall–Kier alpha value is -0.850. The highest BCUT2D eigenvalue weighted by Crippen LogP contribution is 1.66. The Morgan fingerprint density at radius 1 is 1.86 bits per heavy atom. The van der Waals surface area contributed by atoms with Crippen molar-refractivity contribution in [3.8, 4) is 6.07 Å². The zero-order chi connectivity index (χ0) is 5.54. The minimum absolute atomic E-state index is 0.299. The van der Waals surface area contributed by atoms with Gasteiger partial charge in [-0.15, -0.1) is 0 Å². The second-order valence-electron chi connectivity index (χ2n) is 0.865. The van der Waals surface area contributed by atoms with Crippen LogP contribution in [0, 0.1) is 11.3 Å². The minimum atomic E-state index is 0.299. The average Bonchev–Trinajstić information content (AvgIpc) is 1.69. The molecule has 0 aromatic rings. The number of hydrogen-bond donors (Lipinski definition) is 1. The number of nitrogens with two attached hydrogens (primary N) is 1. The van der Waals surface area contributed by atoms with Crippen molar-refractivity contribution in [2.75, 3.05) is 6.61 Å². The summed E-state index contributed by atoms with van der Waals surface area (Å²) < 4.78 is 0. The van der Waals surface area contributed by atoms with E-state index in [0.717, 1.165) is 0 Å². The van der Waals surface area contributed by atoms with Gasteiger partial charge in [-0.25, -0.2) is 5.90 Å². The highest BCUT2D eigenvalue weighted by molar-refractivity contribution is 5.01. The van der Waals surface area contributed by atoms with Gasteiger partial charge in [-0.3, -0.25) is 0 Å². The molecule has 0 aromatic heterocycles. The monoisotopic (exact) mass is 98.0 g/mol. The van der Waals surface area contributed by atoms with Gasteiger partial charge in [0.25, 0.3) is 0 Å². The standard InChI is InChI=1S/C4H6N2O/c5-3-1-2-4-7-6/h1-2H,4,6H2/b2-1+. The second kappa shape index (κ2) is 5.15. The van der Waals surface area contributed by atoms with E-state index in [1.807, 2.05) is 0 Å². The molecule has 3 nitrogen and oxygen atoms in total. The molecule has 0 spiro atoms. The van der Waals surface area contributed by atoms with Gasteiger partial charge in [0, 0.05) is 6.08 Å². The van der Waals surface area contributed by atoms with E-state index in [2.05, 4.69) is 10.7 Å². The number of rotatable bonds is 2. The van der Waals surface area contributed by atoms with Crippen LogP contribution in [0.15, 0.2) is 12.2 Å². The second-order valence-corrected chi connectivity index (χ2v) is 0.865. The molecule has 0 atom stereocenters. The van der Waals surface area contributed by atoms with Crippen LogP contribution in [0.4, 0.5) is 0 Å². The maximum atomic E-state index is 7.86. The van der Waals surface area contributed by atoms with Crippen LogP contribution in [0.5, 0.6) is 0 Å². The lowest BCUT2D eigenvalue weighted by molar-refractivity contribution is 0.168. The molecule has 38 valence electrons. The van der Waals surface area contributed by atoms with Crippen LogP contribution in [-0.2, 0) is 4.84 Å². The molecule has 0 saturated heterocycles. The van der Waals surface area contributed by atoms with Crippen molar-refractivity contribution in [3.05, 3.63) is 12.2 Å². The fourth-order valence-corrected chi connectivity index (χ4v) is 0.156. The summed E-state index contributed by atoms with van der Waals surface area (Å²) >= 11 is 0. The van der Waals surface area contributed by atoms with Gasteiger partial charge in [0.15, 0.2) is 0 Å². The molecule has 2 N–H and O–H groups in total. The summed E-state index contributed by atoms with van der Waals surface area (Å²) in [6.07, 6.45) is 2.84. The first-order valence-corrected chi connectivity index (χ1v) is 1.78. The van der Waals surface area contributed by atoms with Gasteiger partial charge in [-0.2, -0.15) is 5.26 Å². The van der Waals surface area contributed by atoms with Crippen LogP contribution in [-0.4, -0.2) is 6.61 Å². The molecule has 0 heterocycles. The maximum absolute atomic E-state index is 7.86. The van der Waals surface area contributed by atoms with E-state index in [-0.39, 0.29) is 0 Å². The fourth-order valence-electron chi connectivity index (χ4n) is 0.156. The van der Waals surface area contributed by atoms with Crippen LogP contribution in [0.2, 0.25) is 0 Å². The summed E-state index contributed by atoms with van der Waals surface area (Å²) in [7, 11) is 0. The third-order valence-corrected chi connectivity index (χ3v) is 0.385. The third-order valence-electron chi connectivity index (χ3n) is 0.385. The van der Waals surface area contributed by atoms with Gasteiger partial charge >= 0.3 is 0 Å². The molecule has 0 amide bonds. The first-order chi connectivity index (χ1) is 3.41. The fraction of sp³-hybridized carbons (Fsp3) is 0.250. The van der Waals surface area contributed by atoms with E-state index < -0.39 is 0 Å². The highest BCUT2D eigenvalue weighted by Gasteiger charge is 1.66. The zero-order valence-corrected chi connectivity index (χ0v) is 3.79. The van der Waals surface area contributed by atoms with Crippen LogP contribution in [0.1, 0.15) is 0 Å². The normalized spacial score (nSPS) is 9.14. The molecular weight excluding hydrogens is 92.1 g/mol. The molecule has 0 saturated carbocycles. The minimum Gasteiger partial charge on any atom is -0.300 e. The van der Waals surface area contributed by atoms with Crippen molar-refractivity contribution >= 4 is 0 Å². The van der Waals surface area contributed by atoms with Crippen molar-refractivity contribution in [1.29, 1.82) is 5.26 Å². The molecule has 0 aliphatic carbocycles. The molecule has 0 aromatic carbocycles. The summed E-state index contributed by atoms with van der Waals surface area (Å²) in [6, 6.07) is 1.79. The Bertz CT molecular complexity index is 92.4. The van der Waals surface area contributed by atoms with Crippen molar-refractivity contribution < 1.29 is 4.84 Å². The quantitative estimate of drug-likeness (QED) is 0.389. The first-order valence-electron chi connectivity index (χ1n) is 1.78. The molecule has 0 aliphatic rings. The molecular formula is C4H6N2O. The summed E-state index contributed by atoms with van der Waals surface area (Å²) in [5.41, 5.74) is 0. The van der Waals surface area contributed by atoms with Gasteiger partial charge in [0.05, 0.1) is 12.7 Å². The van der Waals surface area contributed by atoms with Crippen molar-refractivity contribution in [2.24, 2.45) is 5.90 Å². The molecule has 3 heteroatoms. The molecule has 0 radical (unpaired) electrons. The van der Waals surface area contributed by atoms with Gasteiger partial charge in [-0.1, -0.05) is 0 Å². The summed E-state index contributed by atoms with van der Waals surface area (Å²) in [6.45, 7) is 0.299. The molecule has 7 heavy (non-hydrogen) atoms. The lowest BCUT2D eigenvalue weighted by Crippen LogP contribution is -1.96. The molecule has 0 bridgehead atoms. The summed E-state index contributed by atoms with van der Waals surface area (Å²) in [5, 5.41) is 7.86. The Balaban J connectivity index is 2.97. The number of nitriles is 1. The van der Waals surface area contributed by atoms with Crippen molar-refractivity contribution in [3.63, 3.8) is 0 Å². The van der Waals surface area contributed by atoms with Crippen molar-refractivity contribution in [2.45, 2.75) is 0 Å². The van der Waals surface area contributed by atoms with Gasteiger partial charge in [0.2, 0.25) is 0 Å². The van der Waals surface area contributed by atoms with Crippen molar-refractivity contribution in [1.82, 2.24) is 0 Å². The lowest BCUT2D eigenvalue weighted by Gasteiger charge is -1.80. The van der Waals surface area contributed by atoms with E-state index in [1.54, 1.807) is 6.07 Å². The highest BCUT2D eigenvalue weighted by atomic mass is 16.6. The smallest absolute Gasteiger partial charge is 0.0909 e. The predicted octanol–water partition coefficient (Wildman–Crippen LogP) is -0.0435. The number of allylic oxidation sites excluding steroid dienone is 1. The lowest BCUT2D eigenvalue weighted by atomic mass is 10.5. The maximum Gasteiger partial charge on any atom is 0.0909 e. The average molecular weight is 98.1 g/mol. The van der Waals surface area contributed by atoms with E-state index in [4.69, 9.17) is 5.26 Å². The van der Waals surface area contributed by atoms with E-state index in [1.165, 1.54) is 12.2 Å². The largest absolute Gasteiger partial charge is 0.300 e. The van der Waals surface area contributed by atoms with Crippen LogP contribution >= 0.6 is 0 Å². The topological polar surface area (TPSA) is 59.0 Å². The van der Waals surface area contributed by atoms with E-state index in [0.29, 0.717) is 6.61 Å². The Morgan fingerprint density at radius 2 is 2.57 bits per heavy atom. The zero-order valence-electron chi connectivity index (χ0n) is 3.79. The molecule has 0 aliphatic heterocycles. The number of hydrogen-bond acceptors (Lipinski definition) is 3. The predicted molar refractivity (Wildman–Crippen MR) is 24.9 cm³/mol. The Labute approximate surface area is 41.9 Å². The Kier molecular flexibility index (Phi) is 4.52. The van der Waals surface area contributed by atoms with Gasteiger partial charge in [-0.05, 0) is 6.08 Å². The third kappa shape index (κ3) is 5.15. The van der Waals surface area contributed by atoms with Crippen LogP contribution in [0.3, 0.4) is 0 Å². The molecule has 0 unspecified atom stereocenters. The summed E-state index contributed by atoms with van der Waals surface area (Å²) in [5.74, 6) is 4.61. The van der Waals surface area contributed by atoms with E-state index >= 15 is 0 Å². The van der Waals surface area contributed by atoms with E-state index in [9.17, 15) is 0 Å². The van der Waals surface area contributed by atoms with Gasteiger partial charge < -0.3 is 4.84 Å². The van der Waals surface area contributed by atoms with Crippen LogP contribution < -0.4 is 5.90 Å². The number of nitrogens with zero attached hydrogens (tertiary/aromatic N) is 1. The first kappa shape index (κ1) is 6.15. The molecule has 0 fully saturated rings. The SMILES string of the molecule is N#C/C=C/CON. The van der Waals surface area contributed by atoms with Crippen LogP contribution in [0.25, 0.3) is 0 Å². The van der Waals surface area contributed by atoms with Gasteiger partial charge in [0.1, 0.15) is 0 Å². The summed E-state index contributed by atoms with van der Waals surface area (Å²) in [4.78, 5) is 4.11. The molecule has 0 rings (SSSR count). The Morgan fingerprint density at radius 3 is 3.00 bits per heavy atom.